The average molecular weight is 207 g/mol. The Morgan fingerprint density at radius 3 is 1.14 bits per heavy atom. The Morgan fingerprint density at radius 1 is 1.14 bits per heavy atom. The topological polar surface area (TPSA) is 86.2 Å². The van der Waals surface area contributed by atoms with Crippen molar-refractivity contribution in [2.75, 3.05) is 0 Å². The zero-order chi connectivity index (χ0) is 4.50. The van der Waals surface area contributed by atoms with Crippen LogP contribution in [-0.2, 0) is 37.3 Å². The molecule has 0 bridgehead atoms. The molecule has 0 atom stereocenters. The molecule has 4 nitrogen and oxygen atoms in total. The van der Waals surface area contributed by atoms with Gasteiger partial charge >= 0.3 is 62.3 Å². The van der Waals surface area contributed by atoms with Crippen LogP contribution in [0, 0.1) is 0 Å². The van der Waals surface area contributed by atoms with E-state index in [0.29, 0.717) is 0 Å². The fraction of sp³-hybridized carbons (Fsp3) is 0. The van der Waals surface area contributed by atoms with Crippen LogP contribution in [-0.4, -0.2) is 0 Å². The number of hydrogen-bond donors (Lipinski definition) is 0. The minimum absolute atomic E-state index is 0. The first-order valence-electron chi connectivity index (χ1n) is 0.730. The Bertz CT molecular complexity index is 57.8. The van der Waals surface area contributed by atoms with Gasteiger partial charge in [-0.25, -0.2) is 0 Å². The van der Waals surface area contributed by atoms with Crippen LogP contribution >= 0.6 is 7.82 Å². The predicted octanol–water partition coefficient (Wildman–Crippen LogP) is -5.82. The molecule has 0 N–H and O–H groups in total. The number of phosphoric acid groups is 1. The third-order valence-corrected chi connectivity index (χ3v) is 0. The molecule has 7 heavy (non-hydrogen) atoms. The van der Waals surface area contributed by atoms with Crippen LogP contribution in [0.25, 0.3) is 0 Å². The van der Waals surface area contributed by atoms with Gasteiger partial charge in [0.05, 0.1) is 0 Å². The van der Waals surface area contributed by atoms with Gasteiger partial charge in [-0.05, 0) is 0 Å². The van der Waals surface area contributed by atoms with Crippen molar-refractivity contribution in [3.8, 4) is 0 Å². The van der Waals surface area contributed by atoms with Gasteiger partial charge in [0.2, 0.25) is 0 Å². The largest absolute Gasteiger partial charge is 3.00 e. The summed E-state index contributed by atoms with van der Waals surface area (Å²) < 4.78 is 8.55. The summed E-state index contributed by atoms with van der Waals surface area (Å²) in [7, 11) is -5.39. The first kappa shape index (κ1) is 16.1. The van der Waals surface area contributed by atoms with Gasteiger partial charge in [-0.1, -0.05) is 0 Å². The summed E-state index contributed by atoms with van der Waals surface area (Å²) in [6.07, 6.45) is 0. The normalized spacial score (nSPS) is 8.43. The van der Waals surface area contributed by atoms with Crippen LogP contribution in [0.4, 0.5) is 0 Å². The summed E-state index contributed by atoms with van der Waals surface area (Å²) in [5.74, 6) is 0. The van der Waals surface area contributed by atoms with Gasteiger partial charge in [0.25, 0.3) is 0 Å². The van der Waals surface area contributed by atoms with Gasteiger partial charge in [-0.2, -0.15) is 7.82 Å². The van der Waals surface area contributed by atoms with E-state index >= 15 is 0 Å². The van der Waals surface area contributed by atoms with Gasteiger partial charge in [0, 0.05) is 0 Å². The third-order valence-electron chi connectivity index (χ3n) is 0. The first-order valence-corrected chi connectivity index (χ1v) is 2.19. The molecule has 0 heterocycles. The third kappa shape index (κ3) is 64.7. The number of rotatable bonds is 0. The summed E-state index contributed by atoms with van der Waals surface area (Å²) in [5.41, 5.74) is 0. The van der Waals surface area contributed by atoms with E-state index in [1.165, 1.54) is 0 Å². The summed E-state index contributed by atoms with van der Waals surface area (Å²) in [6, 6.07) is 0. The van der Waals surface area contributed by atoms with E-state index in [1.807, 2.05) is 0 Å². The second kappa shape index (κ2) is 6.34. The molecule has 0 aromatic carbocycles. The van der Waals surface area contributed by atoms with Crippen molar-refractivity contribution in [3.05, 3.63) is 0 Å². The van der Waals surface area contributed by atoms with Crippen molar-refractivity contribution in [2.45, 2.75) is 0 Å². The summed E-state index contributed by atoms with van der Waals surface area (Å²) in [5, 5.41) is 0. The van der Waals surface area contributed by atoms with E-state index in [4.69, 9.17) is 19.2 Å². The van der Waals surface area contributed by atoms with Gasteiger partial charge in [-0.15, -0.1) is 0 Å². The minimum Gasteiger partial charge on any atom is -0.822 e. The standard InChI is InChI=1S/Na.H3O4P.Y/c;1-5(2,3)4;/h;(H3,1,2,3,4);/q+1;;+3/p-3. The smallest absolute Gasteiger partial charge is 0.822 e. The summed E-state index contributed by atoms with van der Waals surface area (Å²) in [6.45, 7) is 0. The zero-order valence-electron chi connectivity index (χ0n) is 3.66. The molecule has 0 saturated carbocycles. The molecule has 0 aromatic heterocycles. The Kier molecular flexibility index (Phi) is 14.6. The molecular weight excluding hydrogens is 207 g/mol. The molecule has 0 amide bonds. The minimum atomic E-state index is -5.39. The second-order valence-electron chi connectivity index (χ2n) is 0.447. The average Bonchev–Trinajstić information content (AvgIpc) is 0.722. The maximum Gasteiger partial charge on any atom is 3.00 e. The Balaban J connectivity index is -0.0000000800. The molecule has 0 unspecified atom stereocenters. The molecule has 0 aliphatic carbocycles. The van der Waals surface area contributed by atoms with Crippen molar-refractivity contribution >= 4 is 7.82 Å². The van der Waals surface area contributed by atoms with Crippen LogP contribution in [0.3, 0.4) is 0 Å². The van der Waals surface area contributed by atoms with Gasteiger partial charge in [0.15, 0.2) is 0 Å². The molecule has 0 spiro atoms. The van der Waals surface area contributed by atoms with E-state index < -0.39 is 7.82 Å². The van der Waals surface area contributed by atoms with Crippen molar-refractivity contribution in [2.24, 2.45) is 0 Å². The fourth-order valence-corrected chi connectivity index (χ4v) is 0. The summed E-state index contributed by atoms with van der Waals surface area (Å²) >= 11 is 0. The predicted molar refractivity (Wildman–Crippen MR) is 7.61 cm³/mol. The van der Waals surface area contributed by atoms with Crippen molar-refractivity contribution in [3.63, 3.8) is 0 Å². The van der Waals surface area contributed by atoms with Gasteiger partial charge < -0.3 is 19.2 Å². The SMILES string of the molecule is O=P([O-])([O-])[O-].[Na+].[Y+3]. The number of hydrogen-bond acceptors (Lipinski definition) is 4. The van der Waals surface area contributed by atoms with Crippen molar-refractivity contribution < 1.29 is 81.5 Å². The van der Waals surface area contributed by atoms with E-state index in [9.17, 15) is 0 Å². The van der Waals surface area contributed by atoms with Gasteiger partial charge in [0.1, 0.15) is 0 Å². The van der Waals surface area contributed by atoms with Gasteiger partial charge in [-0.3, -0.25) is 0 Å². The molecule has 0 aromatic rings. The van der Waals surface area contributed by atoms with E-state index in [0.717, 1.165) is 0 Å². The van der Waals surface area contributed by atoms with Crippen molar-refractivity contribution in [1.82, 2.24) is 0 Å². The fourth-order valence-electron chi connectivity index (χ4n) is 0. The maximum absolute atomic E-state index is 8.55. The first-order chi connectivity index (χ1) is 2.00. The molecule has 0 rings (SSSR count). The van der Waals surface area contributed by atoms with Crippen LogP contribution in [0.5, 0.6) is 0 Å². The quantitative estimate of drug-likeness (QED) is 0.292. The monoisotopic (exact) mass is 207 g/mol. The maximum atomic E-state index is 8.55. The summed E-state index contributed by atoms with van der Waals surface area (Å²) in [4.78, 5) is 25.6. The van der Waals surface area contributed by atoms with Crippen LogP contribution in [0.1, 0.15) is 0 Å². The molecule has 0 aliphatic rings. The molecule has 0 saturated heterocycles. The zero-order valence-corrected chi connectivity index (χ0v) is 9.39. The van der Waals surface area contributed by atoms with Crippen LogP contribution < -0.4 is 44.2 Å². The molecule has 0 fully saturated rings. The van der Waals surface area contributed by atoms with Crippen molar-refractivity contribution in [1.29, 1.82) is 0 Å². The molecule has 32 valence electrons. The van der Waals surface area contributed by atoms with E-state index in [2.05, 4.69) is 0 Å². The Morgan fingerprint density at radius 2 is 1.14 bits per heavy atom. The molecular formula is NaO4PY+. The van der Waals surface area contributed by atoms with E-state index in [-0.39, 0.29) is 62.3 Å². The molecule has 7 heteroatoms. The Labute approximate surface area is 88.1 Å². The molecule has 0 radical (unpaired) electrons. The van der Waals surface area contributed by atoms with E-state index in [1.54, 1.807) is 0 Å². The molecule has 0 aliphatic heterocycles. The Hall–Kier alpha value is 2.21. The second-order valence-corrected chi connectivity index (χ2v) is 1.34. The van der Waals surface area contributed by atoms with Crippen LogP contribution in [0.2, 0.25) is 0 Å². The van der Waals surface area contributed by atoms with Crippen LogP contribution in [0.15, 0.2) is 0 Å².